The summed E-state index contributed by atoms with van der Waals surface area (Å²) in [5.74, 6) is 0. The van der Waals surface area contributed by atoms with E-state index in [2.05, 4.69) is 5.32 Å². The van der Waals surface area contributed by atoms with Crippen LogP contribution in [0, 0.1) is 13.8 Å². The highest BCUT2D eigenvalue weighted by atomic mass is 16.4. The van der Waals surface area contributed by atoms with E-state index in [1.165, 1.54) is 6.07 Å². The normalized spacial score (nSPS) is 10.6. The van der Waals surface area contributed by atoms with Crippen molar-refractivity contribution < 1.29 is 4.42 Å². The van der Waals surface area contributed by atoms with Crippen LogP contribution in [0.3, 0.4) is 0 Å². The van der Waals surface area contributed by atoms with Crippen molar-refractivity contribution in [1.29, 1.82) is 0 Å². The van der Waals surface area contributed by atoms with Crippen molar-refractivity contribution in [2.24, 2.45) is 0 Å². The number of rotatable bonds is 1. The maximum Gasteiger partial charge on any atom is 0.336 e. The zero-order chi connectivity index (χ0) is 11.0. The lowest BCUT2D eigenvalue weighted by Gasteiger charge is -2.08. The van der Waals surface area contributed by atoms with Crippen molar-refractivity contribution in [3.05, 3.63) is 39.7 Å². The molecule has 3 heteroatoms. The number of benzene rings is 1. The molecule has 0 saturated carbocycles. The van der Waals surface area contributed by atoms with Crippen LogP contribution in [0.5, 0.6) is 0 Å². The molecule has 0 fully saturated rings. The van der Waals surface area contributed by atoms with Crippen molar-refractivity contribution >= 4 is 16.7 Å². The lowest BCUT2D eigenvalue weighted by Crippen LogP contribution is -2.00. The van der Waals surface area contributed by atoms with Gasteiger partial charge in [-0.15, -0.1) is 0 Å². The SMILES string of the molecule is CNc1ccc2c(C)cc(=O)oc2c1C. The predicted octanol–water partition coefficient (Wildman–Crippen LogP) is 2.45. The minimum absolute atomic E-state index is 0.295. The minimum atomic E-state index is -0.295. The zero-order valence-corrected chi connectivity index (χ0v) is 9.05. The van der Waals surface area contributed by atoms with Crippen LogP contribution in [-0.4, -0.2) is 7.05 Å². The van der Waals surface area contributed by atoms with Crippen LogP contribution in [0.2, 0.25) is 0 Å². The number of aryl methyl sites for hydroxylation is 2. The fourth-order valence-electron chi connectivity index (χ4n) is 1.79. The molecule has 78 valence electrons. The Kier molecular flexibility index (Phi) is 2.23. The zero-order valence-electron chi connectivity index (χ0n) is 9.05. The van der Waals surface area contributed by atoms with Crippen molar-refractivity contribution in [2.45, 2.75) is 13.8 Å². The fourth-order valence-corrected chi connectivity index (χ4v) is 1.79. The van der Waals surface area contributed by atoms with E-state index >= 15 is 0 Å². The third-order valence-corrected chi connectivity index (χ3v) is 2.64. The molecule has 1 heterocycles. The van der Waals surface area contributed by atoms with Crippen molar-refractivity contribution in [2.75, 3.05) is 12.4 Å². The van der Waals surface area contributed by atoms with E-state index in [4.69, 9.17) is 4.42 Å². The smallest absolute Gasteiger partial charge is 0.336 e. The molecular weight excluding hydrogens is 190 g/mol. The van der Waals surface area contributed by atoms with E-state index in [9.17, 15) is 4.79 Å². The van der Waals surface area contributed by atoms with Gasteiger partial charge in [-0.25, -0.2) is 4.79 Å². The van der Waals surface area contributed by atoms with Gasteiger partial charge in [0.05, 0.1) is 0 Å². The standard InChI is InChI=1S/C12H13NO2/c1-7-6-11(14)15-12-8(2)10(13-3)5-4-9(7)12/h4-6,13H,1-3H3. The van der Waals surface area contributed by atoms with Gasteiger partial charge in [-0.1, -0.05) is 0 Å². The molecule has 0 spiro atoms. The molecule has 0 aliphatic heterocycles. The Morgan fingerprint density at radius 1 is 1.27 bits per heavy atom. The van der Waals surface area contributed by atoms with Crippen LogP contribution in [0.25, 0.3) is 11.0 Å². The summed E-state index contributed by atoms with van der Waals surface area (Å²) in [5.41, 5.74) is 3.28. The van der Waals surface area contributed by atoms with E-state index in [1.54, 1.807) is 0 Å². The lowest BCUT2D eigenvalue weighted by atomic mass is 10.1. The van der Waals surface area contributed by atoms with Gasteiger partial charge < -0.3 is 9.73 Å². The topological polar surface area (TPSA) is 42.2 Å². The summed E-state index contributed by atoms with van der Waals surface area (Å²) in [6.07, 6.45) is 0. The fraction of sp³-hybridized carbons (Fsp3) is 0.250. The molecule has 1 aromatic heterocycles. The molecule has 0 amide bonds. The average Bonchev–Trinajstić information content (AvgIpc) is 2.19. The molecule has 0 atom stereocenters. The first-order chi connectivity index (χ1) is 7.13. The first kappa shape index (κ1) is 9.77. The van der Waals surface area contributed by atoms with Gasteiger partial charge in [0, 0.05) is 29.8 Å². The molecule has 0 aliphatic rings. The number of hydrogen-bond acceptors (Lipinski definition) is 3. The minimum Gasteiger partial charge on any atom is -0.422 e. The summed E-state index contributed by atoms with van der Waals surface area (Å²) in [6.45, 7) is 3.86. The Hall–Kier alpha value is -1.77. The highest BCUT2D eigenvalue weighted by Crippen LogP contribution is 2.25. The second-order valence-electron chi connectivity index (χ2n) is 3.61. The third kappa shape index (κ3) is 1.50. The summed E-state index contributed by atoms with van der Waals surface area (Å²) in [5, 5.41) is 4.06. The molecule has 0 radical (unpaired) electrons. The Bertz CT molecular complexity index is 570. The Balaban J connectivity index is 2.92. The van der Waals surface area contributed by atoms with Gasteiger partial charge >= 0.3 is 5.63 Å². The van der Waals surface area contributed by atoms with Crippen molar-refractivity contribution in [1.82, 2.24) is 0 Å². The maximum atomic E-state index is 11.3. The van der Waals surface area contributed by atoms with Gasteiger partial charge in [0.2, 0.25) is 0 Å². The van der Waals surface area contributed by atoms with Crippen LogP contribution in [0.4, 0.5) is 5.69 Å². The first-order valence-electron chi connectivity index (χ1n) is 4.85. The highest BCUT2D eigenvalue weighted by Gasteiger charge is 2.07. The third-order valence-electron chi connectivity index (χ3n) is 2.64. The molecule has 2 rings (SSSR count). The lowest BCUT2D eigenvalue weighted by molar-refractivity contribution is 0.558. The molecule has 0 aliphatic carbocycles. The quantitative estimate of drug-likeness (QED) is 0.724. The van der Waals surface area contributed by atoms with Gasteiger partial charge in [-0.05, 0) is 31.5 Å². The summed E-state index contributed by atoms with van der Waals surface area (Å²) in [4.78, 5) is 11.3. The second kappa shape index (κ2) is 3.42. The van der Waals surface area contributed by atoms with Gasteiger partial charge in [0.15, 0.2) is 0 Å². The average molecular weight is 203 g/mol. The molecule has 0 bridgehead atoms. The van der Waals surface area contributed by atoms with Crippen LogP contribution in [-0.2, 0) is 0 Å². The molecule has 3 nitrogen and oxygen atoms in total. The number of nitrogens with one attached hydrogen (secondary N) is 1. The number of hydrogen-bond donors (Lipinski definition) is 1. The summed E-state index contributed by atoms with van der Waals surface area (Å²) in [7, 11) is 1.85. The molecular formula is C12H13NO2. The van der Waals surface area contributed by atoms with Gasteiger partial charge in [0.1, 0.15) is 5.58 Å². The van der Waals surface area contributed by atoms with Crippen molar-refractivity contribution in [3.8, 4) is 0 Å². The van der Waals surface area contributed by atoms with Crippen LogP contribution < -0.4 is 10.9 Å². The summed E-state index contributed by atoms with van der Waals surface area (Å²) < 4.78 is 5.22. The monoisotopic (exact) mass is 203 g/mol. The molecule has 0 unspecified atom stereocenters. The van der Waals surface area contributed by atoms with E-state index in [-0.39, 0.29) is 5.63 Å². The number of fused-ring (bicyclic) bond motifs is 1. The summed E-state index contributed by atoms with van der Waals surface area (Å²) in [6, 6.07) is 5.47. The van der Waals surface area contributed by atoms with Crippen LogP contribution in [0.1, 0.15) is 11.1 Å². The van der Waals surface area contributed by atoms with Gasteiger partial charge in [0.25, 0.3) is 0 Å². The molecule has 1 aromatic carbocycles. The Morgan fingerprint density at radius 2 is 2.00 bits per heavy atom. The van der Waals surface area contributed by atoms with Crippen LogP contribution in [0.15, 0.2) is 27.4 Å². The predicted molar refractivity (Wildman–Crippen MR) is 61.5 cm³/mol. The molecule has 2 aromatic rings. The second-order valence-corrected chi connectivity index (χ2v) is 3.61. The summed E-state index contributed by atoms with van der Waals surface area (Å²) >= 11 is 0. The van der Waals surface area contributed by atoms with Crippen molar-refractivity contribution in [3.63, 3.8) is 0 Å². The van der Waals surface area contributed by atoms with Gasteiger partial charge in [-0.3, -0.25) is 0 Å². The van der Waals surface area contributed by atoms with E-state index in [1.807, 2.05) is 33.0 Å². The first-order valence-corrected chi connectivity index (χ1v) is 4.85. The Labute approximate surface area is 87.7 Å². The highest BCUT2D eigenvalue weighted by molar-refractivity contribution is 5.87. The Morgan fingerprint density at radius 3 is 2.67 bits per heavy atom. The number of anilines is 1. The molecule has 15 heavy (non-hydrogen) atoms. The van der Waals surface area contributed by atoms with E-state index in [0.717, 1.165) is 22.2 Å². The molecule has 0 saturated heterocycles. The van der Waals surface area contributed by atoms with Crippen LogP contribution >= 0.6 is 0 Å². The van der Waals surface area contributed by atoms with Gasteiger partial charge in [-0.2, -0.15) is 0 Å². The van der Waals surface area contributed by atoms with E-state index < -0.39 is 0 Å². The van der Waals surface area contributed by atoms with E-state index in [0.29, 0.717) is 5.58 Å². The largest absolute Gasteiger partial charge is 0.422 e. The molecule has 1 N–H and O–H groups in total. The maximum absolute atomic E-state index is 11.3.